The maximum absolute atomic E-state index is 12.9. The van der Waals surface area contributed by atoms with E-state index < -0.39 is 18.1 Å². The van der Waals surface area contributed by atoms with Gasteiger partial charge in [0, 0.05) is 29.9 Å². The summed E-state index contributed by atoms with van der Waals surface area (Å²) in [6.07, 6.45) is -1.21. The molecule has 0 atom stereocenters. The maximum atomic E-state index is 12.9. The van der Waals surface area contributed by atoms with Crippen LogP contribution in [0.1, 0.15) is 10.4 Å². The van der Waals surface area contributed by atoms with E-state index in [0.29, 0.717) is 15.7 Å². The summed E-state index contributed by atoms with van der Waals surface area (Å²) in [4.78, 5) is 29.0. The summed E-state index contributed by atoms with van der Waals surface area (Å²) < 4.78 is 40.1. The van der Waals surface area contributed by atoms with Gasteiger partial charge in [0.05, 0.1) is 29.2 Å². The van der Waals surface area contributed by atoms with Crippen LogP contribution in [0.25, 0.3) is 21.5 Å². The fourth-order valence-corrected chi connectivity index (χ4v) is 4.05. The minimum absolute atomic E-state index is 0.0835. The van der Waals surface area contributed by atoms with E-state index >= 15 is 0 Å². The van der Waals surface area contributed by atoms with E-state index in [9.17, 15) is 22.8 Å². The van der Waals surface area contributed by atoms with Crippen molar-refractivity contribution in [1.29, 1.82) is 0 Å². The van der Waals surface area contributed by atoms with Gasteiger partial charge in [-0.2, -0.15) is 23.4 Å². The second-order valence-electron chi connectivity index (χ2n) is 7.64. The van der Waals surface area contributed by atoms with Crippen molar-refractivity contribution in [2.45, 2.75) is 6.18 Å². The molecule has 5 aromatic rings. The molecule has 0 saturated heterocycles. The molecule has 37 heavy (non-hydrogen) atoms. The second kappa shape index (κ2) is 9.34. The van der Waals surface area contributed by atoms with Gasteiger partial charge in [-0.1, -0.05) is 23.5 Å². The highest BCUT2D eigenvalue weighted by atomic mass is 32.1. The van der Waals surface area contributed by atoms with Gasteiger partial charge in [0.25, 0.3) is 5.91 Å². The number of amides is 1. The third-order valence-electron chi connectivity index (χ3n) is 4.99. The van der Waals surface area contributed by atoms with E-state index in [-0.39, 0.29) is 16.3 Å². The van der Waals surface area contributed by atoms with Gasteiger partial charge >= 0.3 is 12.1 Å². The van der Waals surface area contributed by atoms with E-state index in [1.165, 1.54) is 47.5 Å². The summed E-state index contributed by atoms with van der Waals surface area (Å²) >= 11 is 1.17. The first-order chi connectivity index (χ1) is 17.7. The number of aromatic amines is 1. The largest absolute Gasteiger partial charge is 0.493 e. The van der Waals surface area contributed by atoms with E-state index in [1.54, 1.807) is 12.3 Å². The SMILES string of the molecule is Cn1cc(C(=O)N(OC(=O)C(F)(F)F)c2cccc(-c3nnc(Nc4ccc5[nH]ncc5c4)s3)c2)cn1. The van der Waals surface area contributed by atoms with Crippen LogP contribution in [0.2, 0.25) is 0 Å². The predicted octanol–water partition coefficient (Wildman–Crippen LogP) is 4.23. The maximum Gasteiger partial charge on any atom is 0.493 e. The molecule has 11 nitrogen and oxygen atoms in total. The number of H-pyrrole nitrogens is 1. The number of carbonyl (C=O) groups is 2. The molecule has 5 rings (SSSR count). The summed E-state index contributed by atoms with van der Waals surface area (Å²) in [5.74, 6) is -3.57. The number of aryl methyl sites for hydroxylation is 1. The zero-order valence-corrected chi connectivity index (χ0v) is 19.5. The fourth-order valence-electron chi connectivity index (χ4n) is 3.29. The molecular weight excluding hydrogens is 513 g/mol. The van der Waals surface area contributed by atoms with Crippen LogP contribution in [0.15, 0.2) is 61.1 Å². The Bertz CT molecular complexity index is 1610. The van der Waals surface area contributed by atoms with Crippen molar-refractivity contribution in [3.05, 3.63) is 66.6 Å². The number of fused-ring (bicyclic) bond motifs is 1. The Balaban J connectivity index is 1.42. The molecule has 3 heterocycles. The lowest BCUT2D eigenvalue weighted by Crippen LogP contribution is -2.38. The standard InChI is InChI=1S/C22H15F3N8O3S/c1-32-11-14(10-27-32)19(34)33(36-20(35)22(23,24)25)16-4-2-3-12(8-16)18-30-31-21(37-18)28-15-5-6-17-13(7-15)9-26-29-17/h2-11H,1H3,(H,26,29)(H,28,31). The van der Waals surface area contributed by atoms with Gasteiger partial charge in [-0.15, -0.1) is 15.3 Å². The average molecular weight is 528 g/mol. The summed E-state index contributed by atoms with van der Waals surface area (Å²) in [5.41, 5.74) is 1.84. The first-order valence-electron chi connectivity index (χ1n) is 10.4. The quantitative estimate of drug-likeness (QED) is 0.324. The van der Waals surface area contributed by atoms with Crippen molar-refractivity contribution < 1.29 is 27.6 Å². The first-order valence-corrected chi connectivity index (χ1v) is 11.3. The van der Waals surface area contributed by atoms with Crippen molar-refractivity contribution in [1.82, 2.24) is 30.2 Å². The molecule has 0 radical (unpaired) electrons. The molecule has 0 aliphatic carbocycles. The normalized spacial score (nSPS) is 11.5. The minimum Gasteiger partial charge on any atom is -0.330 e. The van der Waals surface area contributed by atoms with Crippen LogP contribution in [-0.4, -0.2) is 48.2 Å². The van der Waals surface area contributed by atoms with Gasteiger partial charge in [0.2, 0.25) is 5.13 Å². The Hall–Kier alpha value is -4.79. The van der Waals surface area contributed by atoms with Crippen molar-refractivity contribution >= 4 is 50.6 Å². The number of halogens is 3. The number of hydrogen-bond acceptors (Lipinski definition) is 9. The zero-order chi connectivity index (χ0) is 26.2. The number of aromatic nitrogens is 6. The van der Waals surface area contributed by atoms with Gasteiger partial charge in [0.1, 0.15) is 5.01 Å². The number of nitrogens with one attached hydrogen (secondary N) is 2. The summed E-state index contributed by atoms with van der Waals surface area (Å²) in [6.45, 7) is 0. The Morgan fingerprint density at radius 3 is 2.73 bits per heavy atom. The Kier molecular flexibility index (Phi) is 6.04. The molecule has 188 valence electrons. The van der Waals surface area contributed by atoms with Crippen LogP contribution in [0.4, 0.5) is 29.7 Å². The highest BCUT2D eigenvalue weighted by Crippen LogP contribution is 2.32. The second-order valence-corrected chi connectivity index (χ2v) is 8.62. The molecule has 15 heteroatoms. The molecule has 0 aliphatic heterocycles. The van der Waals surface area contributed by atoms with Crippen LogP contribution in [0.5, 0.6) is 0 Å². The smallest absolute Gasteiger partial charge is 0.330 e. The minimum atomic E-state index is -5.32. The highest BCUT2D eigenvalue weighted by molar-refractivity contribution is 7.18. The molecule has 0 fully saturated rings. The Morgan fingerprint density at radius 2 is 1.97 bits per heavy atom. The molecular formula is C22H15F3N8O3S. The average Bonchev–Trinajstić information content (AvgIpc) is 3.62. The summed E-state index contributed by atoms with van der Waals surface area (Å²) in [6, 6.07) is 11.4. The van der Waals surface area contributed by atoms with E-state index in [2.05, 4.69) is 35.6 Å². The van der Waals surface area contributed by atoms with Crippen molar-refractivity contribution in [3.8, 4) is 10.6 Å². The number of anilines is 3. The van der Waals surface area contributed by atoms with Gasteiger partial charge in [-0.25, -0.2) is 4.79 Å². The molecule has 2 N–H and O–H groups in total. The number of hydrogen-bond donors (Lipinski definition) is 2. The number of hydroxylamine groups is 1. The highest BCUT2D eigenvalue weighted by Gasteiger charge is 2.44. The summed E-state index contributed by atoms with van der Waals surface area (Å²) in [7, 11) is 1.53. The summed E-state index contributed by atoms with van der Waals surface area (Å²) in [5, 5.41) is 24.1. The van der Waals surface area contributed by atoms with Crippen molar-refractivity contribution in [2.24, 2.45) is 7.05 Å². The van der Waals surface area contributed by atoms with Gasteiger partial charge < -0.3 is 10.2 Å². The zero-order valence-electron chi connectivity index (χ0n) is 18.7. The van der Waals surface area contributed by atoms with Crippen LogP contribution in [0.3, 0.4) is 0 Å². The molecule has 0 bridgehead atoms. The van der Waals surface area contributed by atoms with Gasteiger partial charge in [0.15, 0.2) is 0 Å². The van der Waals surface area contributed by atoms with E-state index in [1.807, 2.05) is 18.2 Å². The Labute approximate surface area is 209 Å². The van der Waals surface area contributed by atoms with Crippen LogP contribution in [0, 0.1) is 0 Å². The monoisotopic (exact) mass is 528 g/mol. The fraction of sp³-hybridized carbons (Fsp3) is 0.0909. The molecule has 2 aromatic carbocycles. The lowest BCUT2D eigenvalue weighted by Gasteiger charge is -2.21. The predicted molar refractivity (Wildman–Crippen MR) is 127 cm³/mol. The number of benzene rings is 2. The molecule has 1 amide bonds. The third kappa shape index (κ3) is 5.11. The number of carbonyl (C=O) groups excluding carboxylic acids is 2. The van der Waals surface area contributed by atoms with Crippen molar-refractivity contribution in [3.63, 3.8) is 0 Å². The molecule has 0 spiro atoms. The first kappa shape index (κ1) is 23.9. The topological polar surface area (TPSA) is 131 Å². The third-order valence-corrected chi connectivity index (χ3v) is 5.87. The van der Waals surface area contributed by atoms with Gasteiger partial charge in [-0.05, 0) is 30.3 Å². The molecule has 0 aliphatic rings. The van der Waals surface area contributed by atoms with Gasteiger partial charge in [-0.3, -0.25) is 14.6 Å². The number of nitrogens with zero attached hydrogens (tertiary/aromatic N) is 6. The van der Waals surface area contributed by atoms with E-state index in [4.69, 9.17) is 0 Å². The number of alkyl halides is 3. The van der Waals surface area contributed by atoms with Crippen LogP contribution in [-0.2, 0) is 16.7 Å². The lowest BCUT2D eigenvalue weighted by molar-refractivity contribution is -0.199. The van der Waals surface area contributed by atoms with E-state index in [0.717, 1.165) is 22.8 Å². The molecule has 3 aromatic heterocycles. The van der Waals surface area contributed by atoms with Crippen molar-refractivity contribution in [2.75, 3.05) is 10.4 Å². The number of rotatable bonds is 5. The Morgan fingerprint density at radius 1 is 1.14 bits per heavy atom. The lowest BCUT2D eigenvalue weighted by atomic mass is 10.2. The molecule has 0 saturated carbocycles. The van der Waals surface area contributed by atoms with Crippen LogP contribution < -0.4 is 10.4 Å². The molecule has 0 unspecified atom stereocenters. The van der Waals surface area contributed by atoms with Crippen LogP contribution >= 0.6 is 11.3 Å².